The summed E-state index contributed by atoms with van der Waals surface area (Å²) in [6.45, 7) is 2.83. The van der Waals surface area contributed by atoms with E-state index in [9.17, 15) is 19.1 Å². The van der Waals surface area contributed by atoms with Gasteiger partial charge in [0, 0.05) is 35.7 Å². The van der Waals surface area contributed by atoms with Gasteiger partial charge in [0.2, 0.25) is 6.41 Å². The van der Waals surface area contributed by atoms with Gasteiger partial charge in [0.1, 0.15) is 17.3 Å². The first-order valence-electron chi connectivity index (χ1n) is 12.4. The Morgan fingerprint density at radius 3 is 2.58 bits per heavy atom. The number of nitrogens with one attached hydrogen (secondary N) is 1. The molecule has 1 atom stereocenters. The van der Waals surface area contributed by atoms with Crippen molar-refractivity contribution < 1.29 is 28.3 Å². The molecule has 0 saturated heterocycles. The van der Waals surface area contributed by atoms with Crippen molar-refractivity contribution in [1.82, 2.24) is 9.88 Å². The summed E-state index contributed by atoms with van der Waals surface area (Å²) in [4.78, 5) is 28.9. The van der Waals surface area contributed by atoms with E-state index in [1.807, 2.05) is 31.4 Å². The molecule has 0 aliphatic rings. The van der Waals surface area contributed by atoms with Crippen LogP contribution in [0.4, 0.5) is 4.39 Å². The van der Waals surface area contributed by atoms with Crippen LogP contribution in [0.3, 0.4) is 0 Å². The van der Waals surface area contributed by atoms with Crippen LogP contribution in [0.5, 0.6) is 0 Å². The molecule has 1 unspecified atom stereocenters. The quantitative estimate of drug-likeness (QED) is 0.157. The molecule has 3 rings (SSSR count). The average molecular weight is 543 g/mol. The van der Waals surface area contributed by atoms with Gasteiger partial charge in [0.15, 0.2) is 0 Å². The fraction of sp³-hybridized carbons (Fsp3) is 0.379. The minimum atomic E-state index is -1.14. The molecule has 1 aromatic heterocycles. The van der Waals surface area contributed by atoms with E-state index in [4.69, 9.17) is 4.74 Å². The maximum Gasteiger partial charge on any atom is 0.352 e. The van der Waals surface area contributed by atoms with Crippen molar-refractivity contribution >= 4 is 35.0 Å². The van der Waals surface area contributed by atoms with Crippen LogP contribution in [0.2, 0.25) is 0 Å². The van der Waals surface area contributed by atoms with Crippen molar-refractivity contribution in [3.05, 3.63) is 71.0 Å². The maximum atomic E-state index is 14.8. The zero-order valence-electron chi connectivity index (χ0n) is 22.9. The fourth-order valence-corrected chi connectivity index (χ4v) is 5.08. The first kappa shape index (κ1) is 29.3. The SMILES string of the molecule is CO/C(=C\N(C=O)C(C)c1cccc2c(-c3ccc(CSC)c(F)c3)c(C(=O)O)[nH]c12)CCC[N+](C)(C)C. The van der Waals surface area contributed by atoms with Crippen LogP contribution in [0, 0.1) is 5.82 Å². The van der Waals surface area contributed by atoms with Gasteiger partial charge in [0.05, 0.1) is 46.4 Å². The number of thioether (sulfide) groups is 1. The second-order valence-electron chi connectivity index (χ2n) is 10.3. The van der Waals surface area contributed by atoms with E-state index in [0.717, 1.165) is 29.4 Å². The highest BCUT2D eigenvalue weighted by atomic mass is 32.2. The number of nitrogens with zero attached hydrogens (tertiary/aromatic N) is 2. The van der Waals surface area contributed by atoms with Gasteiger partial charge >= 0.3 is 5.97 Å². The van der Waals surface area contributed by atoms with Gasteiger partial charge in [-0.2, -0.15) is 11.8 Å². The lowest BCUT2D eigenvalue weighted by atomic mass is 9.97. The van der Waals surface area contributed by atoms with Gasteiger partial charge in [0.25, 0.3) is 0 Å². The molecule has 0 aliphatic heterocycles. The number of amides is 1. The number of H-pyrrole nitrogens is 1. The van der Waals surface area contributed by atoms with Crippen LogP contribution in [0.1, 0.15) is 47.4 Å². The Morgan fingerprint density at radius 2 is 2.00 bits per heavy atom. The molecule has 38 heavy (non-hydrogen) atoms. The lowest BCUT2D eigenvalue weighted by Gasteiger charge is -2.25. The van der Waals surface area contributed by atoms with Gasteiger partial charge in [-0.3, -0.25) is 4.79 Å². The van der Waals surface area contributed by atoms with E-state index in [1.165, 1.54) is 22.7 Å². The Bertz CT molecular complexity index is 1330. The number of carboxylic acids is 1. The van der Waals surface area contributed by atoms with Crippen LogP contribution in [-0.4, -0.2) is 72.9 Å². The van der Waals surface area contributed by atoms with Crippen LogP contribution in [-0.2, 0) is 15.3 Å². The summed E-state index contributed by atoms with van der Waals surface area (Å²) < 4.78 is 21.2. The maximum absolute atomic E-state index is 14.8. The molecule has 3 aromatic rings. The molecule has 0 fully saturated rings. The van der Waals surface area contributed by atoms with Crippen molar-refractivity contribution in [1.29, 1.82) is 0 Å². The number of fused-ring (bicyclic) bond motifs is 1. The Balaban J connectivity index is 2.04. The summed E-state index contributed by atoms with van der Waals surface area (Å²) in [6.07, 6.45) is 5.92. The molecule has 0 aliphatic carbocycles. The highest BCUT2D eigenvalue weighted by Gasteiger charge is 2.24. The number of carboxylic acid groups (broad SMARTS) is 1. The van der Waals surface area contributed by atoms with Crippen LogP contribution in [0.15, 0.2) is 48.4 Å². The number of hydrogen-bond donors (Lipinski definition) is 2. The zero-order chi connectivity index (χ0) is 28.0. The molecule has 2 N–H and O–H groups in total. The molecular formula is C29H37FN3O4S+. The molecule has 2 aromatic carbocycles. The standard InChI is InChI=1S/C29H36FN3O4S/c1-19(32(18-34)16-22(37-5)9-8-14-33(2,3)4)23-10-7-11-24-26(28(29(35)36)31-27(23)24)20-12-13-21(17-38-6)25(30)15-20/h7,10-13,15-16,18-19,31H,8-9,14,17H2,1-6H3/p+1/b22-16-. The van der Waals surface area contributed by atoms with E-state index in [1.54, 1.807) is 25.4 Å². The largest absolute Gasteiger partial charge is 0.500 e. The predicted octanol–water partition coefficient (Wildman–Crippen LogP) is 6.03. The monoisotopic (exact) mass is 542 g/mol. The van der Waals surface area contributed by atoms with Gasteiger partial charge < -0.3 is 24.2 Å². The Kier molecular flexibility index (Phi) is 9.62. The number of ether oxygens (including phenoxy) is 1. The fourth-order valence-electron chi connectivity index (χ4n) is 4.53. The third-order valence-corrected chi connectivity index (χ3v) is 7.15. The van der Waals surface area contributed by atoms with E-state index >= 15 is 0 Å². The van der Waals surface area contributed by atoms with Crippen LogP contribution < -0.4 is 0 Å². The summed E-state index contributed by atoms with van der Waals surface area (Å²) in [5.41, 5.74) is 2.76. The van der Waals surface area contributed by atoms with Crippen molar-refractivity contribution in [3.63, 3.8) is 0 Å². The molecule has 0 bridgehead atoms. The number of quaternary nitrogens is 1. The average Bonchev–Trinajstić information content (AvgIpc) is 3.26. The minimum absolute atomic E-state index is 0.0252. The molecule has 1 amide bonds. The number of aromatic carboxylic acids is 1. The highest BCUT2D eigenvalue weighted by molar-refractivity contribution is 7.97. The second-order valence-corrected chi connectivity index (χ2v) is 11.2. The number of hydrogen-bond acceptors (Lipinski definition) is 4. The van der Waals surface area contributed by atoms with Crippen molar-refractivity contribution in [2.24, 2.45) is 0 Å². The number of para-hydroxylation sites is 1. The molecule has 1 heterocycles. The highest BCUT2D eigenvalue weighted by Crippen LogP contribution is 2.37. The summed E-state index contributed by atoms with van der Waals surface area (Å²) in [7, 11) is 7.96. The Hall–Kier alpha value is -3.30. The van der Waals surface area contributed by atoms with Crippen molar-refractivity contribution in [2.75, 3.05) is 41.1 Å². The summed E-state index contributed by atoms with van der Waals surface area (Å²) in [6, 6.07) is 9.90. The van der Waals surface area contributed by atoms with Gasteiger partial charge in [-0.15, -0.1) is 0 Å². The molecular weight excluding hydrogens is 505 g/mol. The van der Waals surface area contributed by atoms with Gasteiger partial charge in [-0.05, 0) is 35.9 Å². The number of allylic oxidation sites excluding steroid dienone is 1. The van der Waals surface area contributed by atoms with Crippen molar-refractivity contribution in [2.45, 2.75) is 31.6 Å². The number of aromatic nitrogens is 1. The molecule has 0 radical (unpaired) electrons. The van der Waals surface area contributed by atoms with Gasteiger partial charge in [-0.25, -0.2) is 9.18 Å². The summed E-state index contributed by atoms with van der Waals surface area (Å²) >= 11 is 1.52. The van der Waals surface area contributed by atoms with Crippen LogP contribution in [0.25, 0.3) is 22.0 Å². The third-order valence-electron chi connectivity index (χ3n) is 6.55. The molecule has 7 nitrogen and oxygen atoms in total. The third kappa shape index (κ3) is 6.76. The zero-order valence-corrected chi connectivity index (χ0v) is 23.7. The van der Waals surface area contributed by atoms with E-state index in [2.05, 4.69) is 26.1 Å². The normalized spacial score (nSPS) is 13.0. The van der Waals surface area contributed by atoms with E-state index in [-0.39, 0.29) is 11.5 Å². The van der Waals surface area contributed by atoms with E-state index < -0.39 is 12.0 Å². The predicted molar refractivity (Wildman–Crippen MR) is 151 cm³/mol. The Labute approximate surface area is 227 Å². The topological polar surface area (TPSA) is 82.6 Å². The number of halogens is 1. The Morgan fingerprint density at radius 1 is 1.26 bits per heavy atom. The number of aromatic amines is 1. The molecule has 9 heteroatoms. The lowest BCUT2D eigenvalue weighted by Crippen LogP contribution is -2.35. The second kappa shape index (κ2) is 12.5. The number of rotatable bonds is 13. The molecule has 0 spiro atoms. The number of methoxy groups -OCH3 is 1. The summed E-state index contributed by atoms with van der Waals surface area (Å²) in [5.74, 6) is -0.304. The molecule has 0 saturated carbocycles. The number of carbonyl (C=O) groups excluding carboxylic acids is 1. The number of benzene rings is 2. The minimum Gasteiger partial charge on any atom is -0.500 e. The smallest absolute Gasteiger partial charge is 0.352 e. The number of carbonyl (C=O) groups is 2. The first-order chi connectivity index (χ1) is 18.0. The van der Waals surface area contributed by atoms with Gasteiger partial charge in [-0.1, -0.05) is 30.3 Å². The van der Waals surface area contributed by atoms with E-state index in [0.29, 0.717) is 45.5 Å². The first-order valence-corrected chi connectivity index (χ1v) is 13.8. The summed E-state index contributed by atoms with van der Waals surface area (Å²) in [5, 5.41) is 10.6. The van der Waals surface area contributed by atoms with Crippen molar-refractivity contribution in [3.8, 4) is 11.1 Å². The van der Waals surface area contributed by atoms with Crippen LogP contribution >= 0.6 is 11.8 Å². The molecule has 204 valence electrons. The lowest BCUT2D eigenvalue weighted by molar-refractivity contribution is -0.870.